The van der Waals surface area contributed by atoms with Gasteiger partial charge in [-0.05, 0) is 71.7 Å². The van der Waals surface area contributed by atoms with Crippen LogP contribution in [0.2, 0.25) is 19.6 Å². The molecule has 4 aromatic carbocycles. The molecule has 51 heavy (non-hydrogen) atoms. The molecule has 0 bridgehead atoms. The molecule has 0 saturated heterocycles. The monoisotopic (exact) mass is 863 g/mol. The predicted molar refractivity (Wildman–Crippen MR) is 209 cm³/mol. The number of furan rings is 1. The first-order chi connectivity index (χ1) is 24.2. The molecular weight excluding hydrogens is 821 g/mol. The van der Waals surface area contributed by atoms with E-state index in [0.29, 0.717) is 12.5 Å². The molecule has 0 unspecified atom stereocenters. The van der Waals surface area contributed by atoms with Crippen molar-refractivity contribution in [3.05, 3.63) is 144 Å². The summed E-state index contributed by atoms with van der Waals surface area (Å²) in [6, 6.07) is 41.8. The van der Waals surface area contributed by atoms with Gasteiger partial charge in [-0.2, -0.15) is 0 Å². The van der Waals surface area contributed by atoms with Crippen LogP contribution in [0.5, 0.6) is 0 Å². The maximum Gasteiger partial charge on any atom is 0.119 e. The van der Waals surface area contributed by atoms with E-state index in [2.05, 4.69) is 128 Å². The fourth-order valence-corrected chi connectivity index (χ4v) is 8.14. The summed E-state index contributed by atoms with van der Waals surface area (Å²) in [6.07, 6.45) is 4.96. The number of hydrogen-bond acceptors (Lipinski definition) is 4. The quantitative estimate of drug-likeness (QED) is 0.118. The molecule has 4 aromatic heterocycles. The Hall–Kier alpha value is -4.68. The third-order valence-corrected chi connectivity index (χ3v) is 11.0. The van der Waals surface area contributed by atoms with Gasteiger partial charge in [0.05, 0.1) is 30.2 Å². The van der Waals surface area contributed by atoms with Crippen LogP contribution >= 0.6 is 0 Å². The summed E-state index contributed by atoms with van der Waals surface area (Å²) in [6.45, 7) is 14.5. The van der Waals surface area contributed by atoms with Gasteiger partial charge in [-0.1, -0.05) is 93.6 Å². The van der Waals surface area contributed by atoms with E-state index in [-0.39, 0.29) is 20.1 Å². The summed E-state index contributed by atoms with van der Waals surface area (Å²) in [7, 11) is -1.34. The number of rotatable bonds is 7. The molecular formula is C44H42IrN4OSi-2. The molecule has 259 valence electrons. The first kappa shape index (κ1) is 36.1. The first-order valence-electron chi connectivity index (χ1n) is 17.3. The second kappa shape index (κ2) is 15.3. The summed E-state index contributed by atoms with van der Waals surface area (Å²) in [5.74, 6) is 1.50. The molecule has 0 saturated carbocycles. The van der Waals surface area contributed by atoms with Crippen molar-refractivity contribution >= 4 is 46.4 Å². The summed E-state index contributed by atoms with van der Waals surface area (Å²) in [4.78, 5) is 14.2. The zero-order valence-electron chi connectivity index (χ0n) is 30.0. The van der Waals surface area contributed by atoms with E-state index in [1.807, 2.05) is 48.5 Å². The van der Waals surface area contributed by atoms with Gasteiger partial charge in [0, 0.05) is 44.1 Å². The van der Waals surface area contributed by atoms with E-state index in [1.165, 1.54) is 16.3 Å². The average Bonchev–Trinajstić information content (AvgIpc) is 3.66. The molecule has 0 N–H and O–H groups in total. The number of hydrogen-bond donors (Lipinski definition) is 0. The molecule has 0 atom stereocenters. The van der Waals surface area contributed by atoms with E-state index in [9.17, 15) is 0 Å². The Morgan fingerprint density at radius 2 is 1.61 bits per heavy atom. The van der Waals surface area contributed by atoms with Gasteiger partial charge >= 0.3 is 0 Å². The molecule has 0 fully saturated rings. The number of para-hydroxylation sites is 2. The zero-order chi connectivity index (χ0) is 34.8. The molecule has 7 heteroatoms. The molecule has 0 amide bonds. The Labute approximate surface area is 315 Å². The molecule has 8 rings (SSSR count). The smallest absolute Gasteiger partial charge is 0.119 e. The first-order valence-corrected chi connectivity index (χ1v) is 20.8. The van der Waals surface area contributed by atoms with Crippen molar-refractivity contribution in [1.29, 1.82) is 0 Å². The summed E-state index contributed by atoms with van der Waals surface area (Å²) in [5, 5.41) is 2.50. The summed E-state index contributed by atoms with van der Waals surface area (Å²) < 4.78 is 8.50. The largest absolute Gasteiger partial charge is 0.513 e. The standard InChI is InChI=1S/C26H18N3O.C18H24NSi.Ir/c1-17-11-12-19-23(15-17)30-25-20(13-14-27-24(19)25)26-28-21-9-5-6-10-22(21)29(26)16-18-7-3-2-4-8-18;1-14(2)11-16-12-17(15-9-7-6-8-10-15)19-13-18(16)20(3,4)5;/h2-12,14-15H,16H2,1H3;6-9,12-14H,11H2,1-5H3;/q2*-1;. The van der Waals surface area contributed by atoms with Gasteiger partial charge < -0.3 is 14.0 Å². The van der Waals surface area contributed by atoms with Crippen LogP contribution in [0, 0.1) is 25.0 Å². The minimum atomic E-state index is -1.34. The normalized spacial score (nSPS) is 11.5. The van der Waals surface area contributed by atoms with Crippen LogP contribution in [0.15, 0.2) is 120 Å². The van der Waals surface area contributed by atoms with Crippen molar-refractivity contribution in [2.45, 2.75) is 53.4 Å². The van der Waals surface area contributed by atoms with Crippen molar-refractivity contribution in [3.63, 3.8) is 0 Å². The summed E-state index contributed by atoms with van der Waals surface area (Å²) in [5.41, 5.74) is 11.3. The molecule has 0 aliphatic rings. The van der Waals surface area contributed by atoms with Gasteiger partial charge in [0.1, 0.15) is 5.58 Å². The number of pyridine rings is 2. The second-order valence-corrected chi connectivity index (χ2v) is 19.4. The number of aromatic nitrogens is 4. The van der Waals surface area contributed by atoms with E-state index >= 15 is 0 Å². The molecule has 1 radical (unpaired) electrons. The molecule has 8 aromatic rings. The van der Waals surface area contributed by atoms with E-state index in [4.69, 9.17) is 9.40 Å². The summed E-state index contributed by atoms with van der Waals surface area (Å²) >= 11 is 0. The van der Waals surface area contributed by atoms with E-state index in [0.717, 1.165) is 67.7 Å². The fourth-order valence-electron chi connectivity index (χ4n) is 6.55. The van der Waals surface area contributed by atoms with Crippen molar-refractivity contribution in [1.82, 2.24) is 19.5 Å². The van der Waals surface area contributed by atoms with Crippen molar-refractivity contribution in [2.24, 2.45) is 5.92 Å². The van der Waals surface area contributed by atoms with Crippen molar-refractivity contribution in [3.8, 4) is 22.6 Å². The van der Waals surface area contributed by atoms with Crippen LogP contribution in [0.4, 0.5) is 0 Å². The predicted octanol–water partition coefficient (Wildman–Crippen LogP) is 10.4. The van der Waals surface area contributed by atoms with Gasteiger partial charge in [-0.3, -0.25) is 9.97 Å². The zero-order valence-corrected chi connectivity index (χ0v) is 33.4. The van der Waals surface area contributed by atoms with Crippen LogP contribution in [-0.4, -0.2) is 27.6 Å². The number of fused-ring (bicyclic) bond motifs is 4. The molecule has 4 heterocycles. The van der Waals surface area contributed by atoms with Gasteiger partial charge in [0.25, 0.3) is 0 Å². The maximum atomic E-state index is 6.27. The van der Waals surface area contributed by atoms with Gasteiger partial charge in [-0.25, -0.2) is 0 Å². The topological polar surface area (TPSA) is 56.7 Å². The minimum Gasteiger partial charge on any atom is -0.513 e. The molecule has 0 aliphatic carbocycles. The van der Waals surface area contributed by atoms with Crippen LogP contribution in [0.25, 0.3) is 55.7 Å². The van der Waals surface area contributed by atoms with Crippen LogP contribution in [-0.2, 0) is 33.1 Å². The van der Waals surface area contributed by atoms with E-state index < -0.39 is 8.07 Å². The third-order valence-electron chi connectivity index (χ3n) is 8.92. The SMILES string of the molecule is CC(C)Cc1cc(-c2[c-]cccc2)ncc1[Si](C)(C)C.Cc1ccc2c(c1)oc1c(-c3nc4ccccc4n3Cc3ccccc3)[c-]cnc12.[Ir]. The fraction of sp³-hybridized carbons (Fsp3) is 0.205. The third kappa shape index (κ3) is 7.81. The number of benzene rings is 4. The van der Waals surface area contributed by atoms with E-state index in [1.54, 1.807) is 6.20 Å². The Morgan fingerprint density at radius 3 is 2.35 bits per heavy atom. The van der Waals surface area contributed by atoms with Crippen LogP contribution in [0.1, 0.15) is 30.5 Å². The number of nitrogens with zero attached hydrogens (tertiary/aromatic N) is 4. The molecule has 5 nitrogen and oxygen atoms in total. The van der Waals surface area contributed by atoms with Crippen LogP contribution < -0.4 is 5.19 Å². The maximum absolute atomic E-state index is 6.27. The van der Waals surface area contributed by atoms with Crippen molar-refractivity contribution in [2.75, 3.05) is 0 Å². The molecule has 0 aliphatic heterocycles. The number of aryl methyl sites for hydroxylation is 1. The Kier molecular flexibility index (Phi) is 10.8. The Morgan fingerprint density at radius 1 is 0.843 bits per heavy atom. The van der Waals surface area contributed by atoms with Crippen LogP contribution in [0.3, 0.4) is 0 Å². The van der Waals surface area contributed by atoms with Gasteiger partial charge in [-0.15, -0.1) is 47.5 Å². The second-order valence-electron chi connectivity index (χ2n) is 14.4. The Bertz CT molecular complexity index is 2410. The Balaban J connectivity index is 0.000000188. The number of imidazole rings is 1. The van der Waals surface area contributed by atoms with Gasteiger partial charge in [0.15, 0.2) is 0 Å². The van der Waals surface area contributed by atoms with Gasteiger partial charge in [0.2, 0.25) is 0 Å². The minimum absolute atomic E-state index is 0. The average molecular weight is 863 g/mol. The molecule has 0 spiro atoms. The van der Waals surface area contributed by atoms with Crippen molar-refractivity contribution < 1.29 is 24.5 Å².